The summed E-state index contributed by atoms with van der Waals surface area (Å²) >= 11 is 0. The molecule has 8 nitrogen and oxygen atoms in total. The molecule has 1 aliphatic heterocycles. The van der Waals surface area contributed by atoms with E-state index in [1.807, 2.05) is 24.0 Å². The van der Waals surface area contributed by atoms with Crippen LogP contribution in [0.1, 0.15) is 32.0 Å². The Balaban J connectivity index is 1.57. The smallest absolute Gasteiger partial charge is 0.224 e. The van der Waals surface area contributed by atoms with Gasteiger partial charge in [-0.25, -0.2) is 0 Å². The van der Waals surface area contributed by atoms with Gasteiger partial charge in [-0.05, 0) is 25.0 Å². The summed E-state index contributed by atoms with van der Waals surface area (Å²) in [5.41, 5.74) is 0.760. The minimum Gasteiger partial charge on any atom is -0.384 e. The van der Waals surface area contributed by atoms with Gasteiger partial charge in [0.15, 0.2) is 11.5 Å². The summed E-state index contributed by atoms with van der Waals surface area (Å²) in [6, 6.07) is 4.17. The van der Waals surface area contributed by atoms with E-state index in [1.54, 1.807) is 11.6 Å². The Morgan fingerprint density at radius 1 is 1.33 bits per heavy atom. The molecule has 0 spiro atoms. The normalized spacial score (nSPS) is 15.8. The molecule has 2 aromatic rings. The van der Waals surface area contributed by atoms with Gasteiger partial charge in [0.1, 0.15) is 5.82 Å². The molecule has 0 atom stereocenters. The van der Waals surface area contributed by atoms with Gasteiger partial charge in [-0.15, -0.1) is 15.3 Å². The molecule has 3 heterocycles. The third-order valence-corrected chi connectivity index (χ3v) is 4.36. The summed E-state index contributed by atoms with van der Waals surface area (Å²) < 4.78 is 6.75. The third-order valence-electron chi connectivity index (χ3n) is 4.36. The molecule has 3 rings (SSSR count). The standard InChI is InChI=1S/C16H24N6O2/c1-3-14-18-19-15-5-4-13(20-22(14)15)17-12-6-9-21(10-7-12)16(23)8-11-24-2/h4-5,12H,3,6-11H2,1-2H3,(H,17,20). The van der Waals surface area contributed by atoms with Crippen molar-refractivity contribution < 1.29 is 9.53 Å². The van der Waals surface area contributed by atoms with E-state index >= 15 is 0 Å². The highest BCUT2D eigenvalue weighted by atomic mass is 16.5. The number of carbonyl (C=O) groups excluding carboxylic acids is 1. The van der Waals surface area contributed by atoms with E-state index in [-0.39, 0.29) is 5.91 Å². The van der Waals surface area contributed by atoms with Crippen molar-refractivity contribution in [3.8, 4) is 0 Å². The van der Waals surface area contributed by atoms with Crippen molar-refractivity contribution in [3.63, 3.8) is 0 Å². The Kier molecular flexibility index (Phi) is 5.24. The quantitative estimate of drug-likeness (QED) is 0.853. The highest BCUT2D eigenvalue weighted by Crippen LogP contribution is 2.16. The summed E-state index contributed by atoms with van der Waals surface area (Å²) in [4.78, 5) is 13.9. The highest BCUT2D eigenvalue weighted by molar-refractivity contribution is 5.76. The van der Waals surface area contributed by atoms with Crippen molar-refractivity contribution in [2.24, 2.45) is 0 Å². The Labute approximate surface area is 141 Å². The summed E-state index contributed by atoms with van der Waals surface area (Å²) in [5.74, 6) is 1.85. The Bertz CT molecular complexity index is 693. The fourth-order valence-electron chi connectivity index (χ4n) is 2.96. The topological polar surface area (TPSA) is 84.7 Å². The first-order valence-corrected chi connectivity index (χ1v) is 8.46. The molecule has 0 unspecified atom stereocenters. The predicted molar refractivity (Wildman–Crippen MR) is 89.9 cm³/mol. The maximum absolute atomic E-state index is 12.0. The van der Waals surface area contributed by atoms with Gasteiger partial charge in [-0.3, -0.25) is 4.79 Å². The Morgan fingerprint density at radius 3 is 2.83 bits per heavy atom. The summed E-state index contributed by atoms with van der Waals surface area (Å²) in [7, 11) is 1.62. The number of aryl methyl sites for hydroxylation is 1. The molecule has 1 amide bonds. The van der Waals surface area contributed by atoms with Gasteiger partial charge in [-0.2, -0.15) is 4.52 Å². The van der Waals surface area contributed by atoms with E-state index in [4.69, 9.17) is 4.74 Å². The molecule has 1 aliphatic rings. The van der Waals surface area contributed by atoms with E-state index < -0.39 is 0 Å². The second kappa shape index (κ2) is 7.57. The van der Waals surface area contributed by atoms with Crippen LogP contribution >= 0.6 is 0 Å². The number of anilines is 1. The van der Waals surface area contributed by atoms with Gasteiger partial charge >= 0.3 is 0 Å². The average Bonchev–Trinajstić information content (AvgIpc) is 3.02. The lowest BCUT2D eigenvalue weighted by molar-refractivity contribution is -0.133. The second-order valence-electron chi connectivity index (χ2n) is 6.00. The van der Waals surface area contributed by atoms with Crippen LogP contribution in [0.5, 0.6) is 0 Å². The van der Waals surface area contributed by atoms with E-state index in [9.17, 15) is 4.79 Å². The summed E-state index contributed by atoms with van der Waals surface area (Å²) in [5, 5.41) is 16.3. The van der Waals surface area contributed by atoms with E-state index in [0.29, 0.717) is 19.1 Å². The Morgan fingerprint density at radius 2 is 2.12 bits per heavy atom. The van der Waals surface area contributed by atoms with Crippen LogP contribution in [0.15, 0.2) is 12.1 Å². The number of hydrogen-bond acceptors (Lipinski definition) is 6. The second-order valence-corrected chi connectivity index (χ2v) is 6.00. The van der Waals surface area contributed by atoms with Crippen LogP contribution in [0.25, 0.3) is 5.65 Å². The lowest BCUT2D eigenvalue weighted by Crippen LogP contribution is -2.42. The molecule has 0 aliphatic carbocycles. The number of nitrogens with one attached hydrogen (secondary N) is 1. The number of rotatable bonds is 6. The minimum absolute atomic E-state index is 0.173. The van der Waals surface area contributed by atoms with Gasteiger partial charge < -0.3 is 15.0 Å². The van der Waals surface area contributed by atoms with Crippen molar-refractivity contribution >= 4 is 17.4 Å². The predicted octanol–water partition coefficient (Wildman–Crippen LogP) is 1.13. The largest absolute Gasteiger partial charge is 0.384 e. The number of amides is 1. The molecule has 0 radical (unpaired) electrons. The van der Waals surface area contributed by atoms with Gasteiger partial charge in [0.2, 0.25) is 5.91 Å². The van der Waals surface area contributed by atoms with Gasteiger partial charge in [-0.1, -0.05) is 6.92 Å². The van der Waals surface area contributed by atoms with E-state index in [0.717, 1.165) is 49.6 Å². The number of nitrogens with zero attached hydrogens (tertiary/aromatic N) is 5. The third kappa shape index (κ3) is 3.64. The fraction of sp³-hybridized carbons (Fsp3) is 0.625. The minimum atomic E-state index is 0.173. The monoisotopic (exact) mass is 332 g/mol. The van der Waals surface area contributed by atoms with Crippen LogP contribution in [-0.4, -0.2) is 63.5 Å². The molecule has 2 aromatic heterocycles. The van der Waals surface area contributed by atoms with Crippen molar-refractivity contribution in [2.75, 3.05) is 32.1 Å². The first-order valence-electron chi connectivity index (χ1n) is 8.46. The van der Waals surface area contributed by atoms with Crippen LogP contribution in [0.3, 0.4) is 0 Å². The number of piperidine rings is 1. The molecule has 24 heavy (non-hydrogen) atoms. The Hall–Kier alpha value is -2.22. The van der Waals surface area contributed by atoms with Crippen LogP contribution in [0, 0.1) is 0 Å². The van der Waals surface area contributed by atoms with Crippen LogP contribution in [0.2, 0.25) is 0 Å². The number of carbonyl (C=O) groups is 1. The average molecular weight is 332 g/mol. The number of likely N-dealkylation sites (tertiary alicyclic amines) is 1. The van der Waals surface area contributed by atoms with E-state index in [1.165, 1.54) is 0 Å². The highest BCUT2D eigenvalue weighted by Gasteiger charge is 2.22. The summed E-state index contributed by atoms with van der Waals surface area (Å²) in [6.45, 7) is 4.07. The first kappa shape index (κ1) is 16.6. The maximum atomic E-state index is 12.0. The first-order chi connectivity index (χ1) is 11.7. The van der Waals surface area contributed by atoms with Crippen molar-refractivity contribution in [3.05, 3.63) is 18.0 Å². The molecule has 130 valence electrons. The van der Waals surface area contributed by atoms with Gasteiger partial charge in [0.05, 0.1) is 13.0 Å². The number of methoxy groups -OCH3 is 1. The molecule has 1 saturated heterocycles. The number of hydrogen-bond donors (Lipinski definition) is 1. The molecule has 0 saturated carbocycles. The zero-order valence-electron chi connectivity index (χ0n) is 14.2. The lowest BCUT2D eigenvalue weighted by atomic mass is 10.0. The maximum Gasteiger partial charge on any atom is 0.224 e. The number of fused-ring (bicyclic) bond motifs is 1. The van der Waals surface area contributed by atoms with Crippen LogP contribution < -0.4 is 5.32 Å². The van der Waals surface area contributed by atoms with Crippen molar-refractivity contribution in [1.82, 2.24) is 24.7 Å². The molecular formula is C16H24N6O2. The molecular weight excluding hydrogens is 308 g/mol. The molecule has 8 heteroatoms. The van der Waals surface area contributed by atoms with Gasteiger partial charge in [0, 0.05) is 32.7 Å². The van der Waals surface area contributed by atoms with Gasteiger partial charge in [0.25, 0.3) is 0 Å². The van der Waals surface area contributed by atoms with Crippen molar-refractivity contribution in [2.45, 2.75) is 38.6 Å². The number of aromatic nitrogens is 4. The lowest BCUT2D eigenvalue weighted by Gasteiger charge is -2.32. The zero-order valence-corrected chi connectivity index (χ0v) is 14.2. The molecule has 1 N–H and O–H groups in total. The molecule has 0 aromatic carbocycles. The molecule has 0 bridgehead atoms. The van der Waals surface area contributed by atoms with E-state index in [2.05, 4.69) is 20.6 Å². The summed E-state index contributed by atoms with van der Waals surface area (Å²) in [6.07, 6.45) is 3.09. The SMILES string of the molecule is CCc1nnc2ccc(NC3CCN(C(=O)CCOC)CC3)nn12. The fourth-order valence-corrected chi connectivity index (χ4v) is 2.96. The zero-order chi connectivity index (χ0) is 16.9. The number of ether oxygens (including phenoxy) is 1. The van der Waals surface area contributed by atoms with Crippen LogP contribution in [-0.2, 0) is 16.0 Å². The van der Waals surface area contributed by atoms with Crippen molar-refractivity contribution in [1.29, 1.82) is 0 Å². The molecule has 1 fully saturated rings. The van der Waals surface area contributed by atoms with Crippen LogP contribution in [0.4, 0.5) is 5.82 Å².